The van der Waals surface area contributed by atoms with Crippen molar-refractivity contribution in [1.29, 1.82) is 0 Å². The molecule has 0 aliphatic carbocycles. The van der Waals surface area contributed by atoms with Crippen LogP contribution in [-0.4, -0.2) is 35.1 Å². The van der Waals surface area contributed by atoms with Crippen LogP contribution in [0.2, 0.25) is 0 Å². The normalized spacial score (nSPS) is 11.2. The highest BCUT2D eigenvalue weighted by Gasteiger charge is 2.12. The van der Waals surface area contributed by atoms with E-state index in [4.69, 9.17) is 9.88 Å². The second-order valence-electron chi connectivity index (χ2n) is 3.42. The van der Waals surface area contributed by atoms with Gasteiger partial charge in [-0.1, -0.05) is 0 Å². The first-order valence-electron chi connectivity index (χ1n) is 4.74. The van der Waals surface area contributed by atoms with E-state index in [9.17, 15) is 13.2 Å². The molecule has 7 heteroatoms. The van der Waals surface area contributed by atoms with Crippen LogP contribution in [0.25, 0.3) is 0 Å². The highest BCUT2D eigenvalue weighted by molar-refractivity contribution is 7.89. The fraction of sp³-hybridized carbons (Fsp3) is 0.300. The Kier molecular flexibility index (Phi) is 4.22. The summed E-state index contributed by atoms with van der Waals surface area (Å²) < 4.78 is 26.8. The van der Waals surface area contributed by atoms with Crippen LogP contribution >= 0.6 is 0 Å². The molecule has 2 N–H and O–H groups in total. The summed E-state index contributed by atoms with van der Waals surface area (Å²) in [6, 6.07) is 5.71. The van der Waals surface area contributed by atoms with E-state index in [-0.39, 0.29) is 17.4 Å². The number of carbonyl (C=O) groups excluding carboxylic acids is 1. The molecule has 1 aromatic rings. The average molecular weight is 258 g/mol. The number of amides is 1. The summed E-state index contributed by atoms with van der Waals surface area (Å²) in [5.74, 6) is -0.226. The Hall–Kier alpha value is -1.44. The lowest BCUT2D eigenvalue weighted by Gasteiger charge is -2.16. The van der Waals surface area contributed by atoms with Crippen LogP contribution in [-0.2, 0) is 19.6 Å². The summed E-state index contributed by atoms with van der Waals surface area (Å²) in [4.78, 5) is 12.9. The van der Waals surface area contributed by atoms with Gasteiger partial charge in [0.2, 0.25) is 10.0 Å². The number of hydrogen-bond donors (Lipinski definition) is 1. The van der Waals surface area contributed by atoms with Crippen LogP contribution in [0.4, 0.5) is 5.69 Å². The van der Waals surface area contributed by atoms with E-state index in [1.54, 1.807) is 7.05 Å². The van der Waals surface area contributed by atoms with Crippen LogP contribution in [0.3, 0.4) is 0 Å². The molecule has 0 saturated carbocycles. The fourth-order valence-corrected chi connectivity index (χ4v) is 1.74. The van der Waals surface area contributed by atoms with Crippen molar-refractivity contribution in [2.24, 2.45) is 5.14 Å². The topological polar surface area (TPSA) is 89.7 Å². The van der Waals surface area contributed by atoms with E-state index in [1.807, 2.05) is 0 Å². The minimum absolute atomic E-state index is 0.00819. The molecular formula is C10H14N2O4S. The van der Waals surface area contributed by atoms with Gasteiger partial charge in [-0.25, -0.2) is 13.6 Å². The van der Waals surface area contributed by atoms with Gasteiger partial charge in [-0.3, -0.25) is 4.79 Å². The predicted octanol–water partition coefficient (Wildman–Crippen LogP) is -0.0568. The molecule has 0 spiro atoms. The molecule has 1 amide bonds. The Labute approximate surface area is 100 Å². The maximum atomic E-state index is 11.5. The molecule has 0 aliphatic rings. The van der Waals surface area contributed by atoms with Crippen molar-refractivity contribution in [2.45, 2.75) is 4.90 Å². The van der Waals surface area contributed by atoms with Gasteiger partial charge in [0, 0.05) is 19.8 Å². The zero-order valence-electron chi connectivity index (χ0n) is 9.58. The fourth-order valence-electron chi connectivity index (χ4n) is 1.22. The number of sulfonamides is 1. The van der Waals surface area contributed by atoms with E-state index >= 15 is 0 Å². The van der Waals surface area contributed by atoms with E-state index in [1.165, 1.54) is 36.3 Å². The van der Waals surface area contributed by atoms with Gasteiger partial charge < -0.3 is 9.64 Å². The first-order valence-corrected chi connectivity index (χ1v) is 6.29. The van der Waals surface area contributed by atoms with Gasteiger partial charge in [0.1, 0.15) is 6.61 Å². The van der Waals surface area contributed by atoms with Gasteiger partial charge >= 0.3 is 0 Å². The van der Waals surface area contributed by atoms with Crippen molar-refractivity contribution in [2.75, 3.05) is 25.7 Å². The van der Waals surface area contributed by atoms with Crippen molar-refractivity contribution in [3.63, 3.8) is 0 Å². The number of primary sulfonamides is 1. The highest BCUT2D eigenvalue weighted by Crippen LogP contribution is 2.16. The lowest BCUT2D eigenvalue weighted by Crippen LogP contribution is -2.29. The summed E-state index contributed by atoms with van der Waals surface area (Å²) in [5.41, 5.74) is 0.569. The second-order valence-corrected chi connectivity index (χ2v) is 4.99. The summed E-state index contributed by atoms with van der Waals surface area (Å²) >= 11 is 0. The lowest BCUT2D eigenvalue weighted by atomic mass is 10.3. The van der Waals surface area contributed by atoms with Gasteiger partial charge in [0.25, 0.3) is 5.91 Å². The number of rotatable bonds is 4. The minimum Gasteiger partial charge on any atom is -0.375 e. The van der Waals surface area contributed by atoms with Gasteiger partial charge in [-0.05, 0) is 24.3 Å². The predicted molar refractivity (Wildman–Crippen MR) is 63.1 cm³/mol. The average Bonchev–Trinajstić information content (AvgIpc) is 2.27. The number of carbonyl (C=O) groups is 1. The molecule has 0 radical (unpaired) electrons. The monoisotopic (exact) mass is 258 g/mol. The van der Waals surface area contributed by atoms with Crippen LogP contribution in [0, 0.1) is 0 Å². The summed E-state index contributed by atoms with van der Waals surface area (Å²) in [6.07, 6.45) is 0. The third-order valence-corrected chi connectivity index (χ3v) is 3.12. The van der Waals surface area contributed by atoms with Crippen LogP contribution < -0.4 is 10.0 Å². The Morgan fingerprint density at radius 3 is 2.29 bits per heavy atom. The molecule has 6 nitrogen and oxygen atoms in total. The number of nitrogens with zero attached hydrogens (tertiary/aromatic N) is 1. The van der Waals surface area contributed by atoms with E-state index in [2.05, 4.69) is 0 Å². The molecule has 0 heterocycles. The maximum Gasteiger partial charge on any atom is 0.252 e. The highest BCUT2D eigenvalue weighted by atomic mass is 32.2. The number of nitrogens with two attached hydrogens (primary N) is 1. The van der Waals surface area contributed by atoms with Crippen molar-refractivity contribution in [1.82, 2.24) is 0 Å². The molecule has 1 rings (SSSR count). The smallest absolute Gasteiger partial charge is 0.252 e. The SMILES string of the molecule is COCC(=O)N(C)c1ccc(S(N)(=O)=O)cc1. The summed E-state index contributed by atoms with van der Waals surface area (Å²) in [6.45, 7) is -0.0343. The first-order chi connectivity index (χ1) is 7.86. The van der Waals surface area contributed by atoms with Crippen molar-refractivity contribution >= 4 is 21.6 Å². The van der Waals surface area contributed by atoms with Crippen LogP contribution in [0.1, 0.15) is 0 Å². The number of ether oxygens (including phenoxy) is 1. The lowest BCUT2D eigenvalue weighted by molar-refractivity contribution is -0.121. The second kappa shape index (κ2) is 5.26. The minimum atomic E-state index is -3.70. The molecule has 0 unspecified atom stereocenters. The largest absolute Gasteiger partial charge is 0.375 e. The molecule has 0 bridgehead atoms. The molecule has 0 fully saturated rings. The van der Waals surface area contributed by atoms with E-state index in [0.717, 1.165) is 0 Å². The number of benzene rings is 1. The summed E-state index contributed by atoms with van der Waals surface area (Å²) in [7, 11) is -0.701. The molecule has 0 atom stereocenters. The van der Waals surface area contributed by atoms with Crippen molar-refractivity contribution in [3.8, 4) is 0 Å². The van der Waals surface area contributed by atoms with Gasteiger partial charge in [0.15, 0.2) is 0 Å². The third-order valence-electron chi connectivity index (χ3n) is 2.19. The molecule has 17 heavy (non-hydrogen) atoms. The quantitative estimate of drug-likeness (QED) is 0.819. The maximum absolute atomic E-state index is 11.5. The molecule has 0 saturated heterocycles. The molecule has 94 valence electrons. The number of hydrogen-bond acceptors (Lipinski definition) is 4. The number of likely N-dealkylation sites (N-methyl/N-ethyl adjacent to an activating group) is 1. The van der Waals surface area contributed by atoms with Crippen LogP contribution in [0.15, 0.2) is 29.2 Å². The number of anilines is 1. The Morgan fingerprint density at radius 2 is 1.88 bits per heavy atom. The molecule has 1 aromatic carbocycles. The molecule has 0 aromatic heterocycles. The molecular weight excluding hydrogens is 244 g/mol. The Bertz CT molecular complexity index is 496. The first kappa shape index (κ1) is 13.6. The molecule has 0 aliphatic heterocycles. The van der Waals surface area contributed by atoms with Crippen molar-refractivity contribution in [3.05, 3.63) is 24.3 Å². The van der Waals surface area contributed by atoms with Gasteiger partial charge in [0.05, 0.1) is 4.90 Å². The third kappa shape index (κ3) is 3.52. The van der Waals surface area contributed by atoms with Crippen molar-refractivity contribution < 1.29 is 17.9 Å². The van der Waals surface area contributed by atoms with Crippen LogP contribution in [0.5, 0.6) is 0 Å². The van der Waals surface area contributed by atoms with Gasteiger partial charge in [-0.2, -0.15) is 0 Å². The van der Waals surface area contributed by atoms with E-state index in [0.29, 0.717) is 5.69 Å². The Balaban J connectivity index is 2.92. The Morgan fingerprint density at radius 1 is 1.35 bits per heavy atom. The zero-order chi connectivity index (χ0) is 13.1. The van der Waals surface area contributed by atoms with E-state index < -0.39 is 10.0 Å². The zero-order valence-corrected chi connectivity index (χ0v) is 10.4. The standard InChI is InChI=1S/C10H14N2O4S/c1-12(10(13)7-16-2)8-3-5-9(6-4-8)17(11,14)15/h3-6H,7H2,1-2H3,(H2,11,14,15). The number of methoxy groups -OCH3 is 1. The summed E-state index contributed by atoms with van der Waals surface area (Å²) in [5, 5.41) is 4.96. The van der Waals surface area contributed by atoms with Gasteiger partial charge in [-0.15, -0.1) is 0 Å².